The van der Waals surface area contributed by atoms with Crippen LogP contribution in [0.3, 0.4) is 0 Å². The molecule has 0 N–H and O–H groups in total. The van der Waals surface area contributed by atoms with E-state index < -0.39 is 0 Å². The Morgan fingerprint density at radius 2 is 1.89 bits per heavy atom. The van der Waals surface area contributed by atoms with Gasteiger partial charge in [-0.15, -0.1) is 0 Å². The largest absolute Gasteiger partial charge is 0.372 e. The molecule has 2 fully saturated rings. The maximum absolute atomic E-state index is 11.3. The van der Waals surface area contributed by atoms with Crippen LogP contribution in [0.15, 0.2) is 24.4 Å². The Bertz CT molecular complexity index is 353. The summed E-state index contributed by atoms with van der Waals surface area (Å²) in [5.74, 6) is 0.166. The molecular formula is C15H24N2O2. The minimum Gasteiger partial charge on any atom is -0.372 e. The highest BCUT2D eigenvalue weighted by Crippen LogP contribution is 2.23. The second-order valence-corrected chi connectivity index (χ2v) is 5.25. The molecule has 0 aromatic carbocycles. The van der Waals surface area contributed by atoms with E-state index in [0.29, 0.717) is 12.7 Å². The highest BCUT2D eigenvalue weighted by atomic mass is 16.5. The molecule has 1 aliphatic heterocycles. The quantitative estimate of drug-likeness (QED) is 0.710. The number of carbonyl (C=O) groups excluding carboxylic acids is 1. The molecule has 1 aliphatic carbocycles. The van der Waals surface area contributed by atoms with Crippen LogP contribution < -0.4 is 0 Å². The van der Waals surface area contributed by atoms with Crippen molar-refractivity contribution in [1.82, 2.24) is 9.80 Å². The minimum atomic E-state index is 0.166. The molecule has 2 rings (SSSR count). The van der Waals surface area contributed by atoms with Gasteiger partial charge in [-0.3, -0.25) is 4.79 Å². The van der Waals surface area contributed by atoms with Crippen LogP contribution in [0.25, 0.3) is 0 Å². The Balaban J connectivity index is 1.83. The molecular weight excluding hydrogens is 240 g/mol. The summed E-state index contributed by atoms with van der Waals surface area (Å²) in [6.07, 6.45) is 7.98. The monoisotopic (exact) mass is 264 g/mol. The zero-order chi connectivity index (χ0) is 13.7. The lowest BCUT2D eigenvalue weighted by atomic mass is 9.96. The van der Waals surface area contributed by atoms with E-state index in [2.05, 4.69) is 11.5 Å². The van der Waals surface area contributed by atoms with Crippen LogP contribution in [0.5, 0.6) is 0 Å². The van der Waals surface area contributed by atoms with Gasteiger partial charge in [0.25, 0.3) is 0 Å². The van der Waals surface area contributed by atoms with Gasteiger partial charge in [0.15, 0.2) is 0 Å². The second kappa shape index (κ2) is 6.75. The first-order valence-corrected chi connectivity index (χ1v) is 7.14. The van der Waals surface area contributed by atoms with E-state index in [0.717, 1.165) is 26.2 Å². The average molecular weight is 264 g/mol. The first-order chi connectivity index (χ1) is 9.20. The highest BCUT2D eigenvalue weighted by molar-refractivity contribution is 5.73. The highest BCUT2D eigenvalue weighted by Gasteiger charge is 2.22. The van der Waals surface area contributed by atoms with Crippen molar-refractivity contribution < 1.29 is 9.53 Å². The van der Waals surface area contributed by atoms with E-state index in [1.165, 1.54) is 25.0 Å². The van der Waals surface area contributed by atoms with Gasteiger partial charge in [0.05, 0.1) is 12.7 Å². The first kappa shape index (κ1) is 14.1. The lowest BCUT2D eigenvalue weighted by Crippen LogP contribution is -2.48. The van der Waals surface area contributed by atoms with Crippen molar-refractivity contribution in [2.45, 2.75) is 32.3 Å². The molecule has 106 valence electrons. The summed E-state index contributed by atoms with van der Waals surface area (Å²) < 4.78 is 5.88. The molecule has 0 spiro atoms. The van der Waals surface area contributed by atoms with Crippen molar-refractivity contribution in [1.29, 1.82) is 0 Å². The van der Waals surface area contributed by atoms with Crippen molar-refractivity contribution in [3.05, 3.63) is 24.4 Å². The Labute approximate surface area is 115 Å². The summed E-state index contributed by atoms with van der Waals surface area (Å²) in [4.78, 5) is 15.5. The van der Waals surface area contributed by atoms with Crippen LogP contribution in [-0.2, 0) is 9.53 Å². The molecule has 4 nitrogen and oxygen atoms in total. The van der Waals surface area contributed by atoms with E-state index in [-0.39, 0.29) is 5.91 Å². The van der Waals surface area contributed by atoms with Crippen molar-refractivity contribution in [2.24, 2.45) is 0 Å². The van der Waals surface area contributed by atoms with Crippen LogP contribution in [0.1, 0.15) is 26.2 Å². The van der Waals surface area contributed by atoms with Gasteiger partial charge in [-0.25, -0.2) is 0 Å². The van der Waals surface area contributed by atoms with Gasteiger partial charge in [-0.2, -0.15) is 0 Å². The SMILES string of the molecule is C=C/C=C(\COC1CCC1)N1CCN(C(C)=O)CC1. The van der Waals surface area contributed by atoms with E-state index >= 15 is 0 Å². The molecule has 0 aromatic rings. The first-order valence-electron chi connectivity index (χ1n) is 7.14. The molecule has 4 heteroatoms. The number of hydrogen-bond donors (Lipinski definition) is 0. The Morgan fingerprint density at radius 3 is 2.37 bits per heavy atom. The Kier molecular flexibility index (Phi) is 5.02. The number of nitrogens with zero attached hydrogens (tertiary/aromatic N) is 2. The summed E-state index contributed by atoms with van der Waals surface area (Å²) in [5, 5.41) is 0. The minimum absolute atomic E-state index is 0.166. The van der Waals surface area contributed by atoms with Gasteiger partial charge in [0.1, 0.15) is 0 Å². The molecule has 19 heavy (non-hydrogen) atoms. The molecule has 1 heterocycles. The van der Waals surface area contributed by atoms with Crippen molar-refractivity contribution in [2.75, 3.05) is 32.8 Å². The number of carbonyl (C=O) groups is 1. The van der Waals surface area contributed by atoms with Gasteiger partial charge in [-0.05, 0) is 25.3 Å². The number of ether oxygens (including phenoxy) is 1. The summed E-state index contributed by atoms with van der Waals surface area (Å²) in [6, 6.07) is 0. The Morgan fingerprint density at radius 1 is 1.26 bits per heavy atom. The number of amides is 1. The Hall–Kier alpha value is -1.29. The number of piperazine rings is 1. The fourth-order valence-corrected chi connectivity index (χ4v) is 2.43. The van der Waals surface area contributed by atoms with Crippen LogP contribution in [-0.4, -0.2) is 54.6 Å². The molecule has 0 unspecified atom stereocenters. The van der Waals surface area contributed by atoms with Gasteiger partial charge in [-0.1, -0.05) is 12.7 Å². The van der Waals surface area contributed by atoms with E-state index in [1.807, 2.05) is 17.1 Å². The summed E-state index contributed by atoms with van der Waals surface area (Å²) in [5.41, 5.74) is 1.19. The summed E-state index contributed by atoms with van der Waals surface area (Å²) in [6.45, 7) is 9.44. The normalized spacial score (nSPS) is 21.2. The fraction of sp³-hybridized carbons (Fsp3) is 0.667. The zero-order valence-corrected chi connectivity index (χ0v) is 11.8. The van der Waals surface area contributed by atoms with Crippen LogP contribution in [0.2, 0.25) is 0 Å². The van der Waals surface area contributed by atoms with Crippen molar-refractivity contribution >= 4 is 5.91 Å². The van der Waals surface area contributed by atoms with Gasteiger partial charge < -0.3 is 14.5 Å². The third-order valence-corrected chi connectivity index (χ3v) is 3.96. The zero-order valence-electron chi connectivity index (χ0n) is 11.8. The number of hydrogen-bond acceptors (Lipinski definition) is 3. The molecule has 0 radical (unpaired) electrons. The molecule has 1 amide bonds. The topological polar surface area (TPSA) is 32.8 Å². The van der Waals surface area contributed by atoms with Gasteiger partial charge in [0.2, 0.25) is 5.91 Å². The molecule has 0 bridgehead atoms. The van der Waals surface area contributed by atoms with E-state index in [9.17, 15) is 4.79 Å². The van der Waals surface area contributed by atoms with Gasteiger partial charge in [0, 0.05) is 38.8 Å². The van der Waals surface area contributed by atoms with Crippen molar-refractivity contribution in [3.63, 3.8) is 0 Å². The van der Waals surface area contributed by atoms with Crippen LogP contribution >= 0.6 is 0 Å². The number of allylic oxidation sites excluding steroid dienone is 2. The average Bonchev–Trinajstić information content (AvgIpc) is 2.36. The third-order valence-electron chi connectivity index (χ3n) is 3.96. The molecule has 1 saturated heterocycles. The lowest BCUT2D eigenvalue weighted by Gasteiger charge is -2.37. The molecule has 0 atom stereocenters. The molecule has 2 aliphatic rings. The van der Waals surface area contributed by atoms with E-state index in [4.69, 9.17) is 4.74 Å². The second-order valence-electron chi connectivity index (χ2n) is 5.25. The number of rotatable bonds is 5. The smallest absolute Gasteiger partial charge is 0.219 e. The van der Waals surface area contributed by atoms with E-state index in [1.54, 1.807) is 6.92 Å². The summed E-state index contributed by atoms with van der Waals surface area (Å²) >= 11 is 0. The van der Waals surface area contributed by atoms with Gasteiger partial charge >= 0.3 is 0 Å². The predicted molar refractivity (Wildman–Crippen MR) is 75.7 cm³/mol. The predicted octanol–water partition coefficient (Wildman–Crippen LogP) is 1.79. The maximum atomic E-state index is 11.3. The lowest BCUT2D eigenvalue weighted by molar-refractivity contribution is -0.130. The molecule has 0 aromatic heterocycles. The third kappa shape index (κ3) is 3.83. The molecule has 1 saturated carbocycles. The standard InChI is InChI=1S/C15H24N2O2/c1-3-5-14(12-19-15-6-4-7-15)17-10-8-16(9-11-17)13(2)18/h3,5,15H,1,4,6-12H2,2H3/b14-5+. The van der Waals surface area contributed by atoms with Crippen molar-refractivity contribution in [3.8, 4) is 0 Å². The maximum Gasteiger partial charge on any atom is 0.219 e. The van der Waals surface area contributed by atoms with Crippen LogP contribution in [0, 0.1) is 0 Å². The fourth-order valence-electron chi connectivity index (χ4n) is 2.43. The summed E-state index contributed by atoms with van der Waals surface area (Å²) in [7, 11) is 0. The van der Waals surface area contributed by atoms with Crippen LogP contribution in [0.4, 0.5) is 0 Å².